The Bertz CT molecular complexity index is 513. The van der Waals surface area contributed by atoms with Gasteiger partial charge in [0.05, 0.1) is 4.88 Å². The molecule has 0 saturated carbocycles. The Hall–Kier alpha value is -0.0300. The van der Waals surface area contributed by atoms with E-state index in [9.17, 15) is 0 Å². The summed E-state index contributed by atoms with van der Waals surface area (Å²) in [7, 11) is 0. The van der Waals surface area contributed by atoms with Crippen LogP contribution in [0.4, 0.5) is 0 Å². The van der Waals surface area contributed by atoms with Crippen LogP contribution in [0.25, 0.3) is 0 Å². The van der Waals surface area contributed by atoms with Gasteiger partial charge < -0.3 is 4.74 Å². The molecule has 2 aromatic rings. The predicted octanol–water partition coefficient (Wildman–Crippen LogP) is 5.59. The average Bonchev–Trinajstić information content (AvgIpc) is 2.74. The summed E-state index contributed by atoms with van der Waals surface area (Å²) in [4.78, 5) is 1.18. The Morgan fingerprint density at radius 1 is 1.18 bits per heavy atom. The third-order valence-electron chi connectivity index (χ3n) is 2.22. The SMILES string of the molecule is ClCc1cc(OCc2sccc2Br)ccc1Br. The molecule has 1 aromatic carbocycles. The Morgan fingerprint density at radius 2 is 2.00 bits per heavy atom. The standard InChI is InChI=1S/C12H9Br2ClOS/c13-10-2-1-9(5-8(10)6-15)16-7-12-11(14)3-4-17-12/h1-5H,6-7H2. The summed E-state index contributed by atoms with van der Waals surface area (Å²) in [6.45, 7) is 0.571. The number of thiophene rings is 1. The van der Waals surface area contributed by atoms with E-state index in [1.54, 1.807) is 11.3 Å². The van der Waals surface area contributed by atoms with Crippen molar-refractivity contribution in [1.82, 2.24) is 0 Å². The van der Waals surface area contributed by atoms with Gasteiger partial charge in [0.25, 0.3) is 0 Å². The van der Waals surface area contributed by atoms with Gasteiger partial charge in [-0.05, 0) is 51.1 Å². The van der Waals surface area contributed by atoms with E-state index in [1.807, 2.05) is 29.6 Å². The molecule has 1 heterocycles. The summed E-state index contributed by atoms with van der Waals surface area (Å²) in [5.41, 5.74) is 1.04. The van der Waals surface area contributed by atoms with E-state index < -0.39 is 0 Å². The normalized spacial score (nSPS) is 10.5. The van der Waals surface area contributed by atoms with Crippen molar-refractivity contribution in [3.8, 4) is 5.75 Å². The molecule has 0 bridgehead atoms. The first-order valence-corrected chi connectivity index (χ1v) is 7.90. The molecule has 0 saturated heterocycles. The summed E-state index contributed by atoms with van der Waals surface area (Å²) in [5, 5.41) is 2.04. The van der Waals surface area contributed by atoms with Gasteiger partial charge in [0.1, 0.15) is 12.4 Å². The van der Waals surface area contributed by atoms with Gasteiger partial charge in [-0.3, -0.25) is 0 Å². The smallest absolute Gasteiger partial charge is 0.124 e. The van der Waals surface area contributed by atoms with Crippen LogP contribution in [0.1, 0.15) is 10.4 Å². The third-order valence-corrected chi connectivity index (χ3v) is 5.18. The van der Waals surface area contributed by atoms with Crippen molar-refractivity contribution in [2.45, 2.75) is 12.5 Å². The van der Waals surface area contributed by atoms with Crippen LogP contribution in [-0.4, -0.2) is 0 Å². The molecule has 0 aliphatic rings. The predicted molar refractivity (Wildman–Crippen MR) is 80.1 cm³/mol. The minimum Gasteiger partial charge on any atom is -0.488 e. The van der Waals surface area contributed by atoms with Gasteiger partial charge in [-0.2, -0.15) is 0 Å². The van der Waals surface area contributed by atoms with Crippen LogP contribution in [0.5, 0.6) is 5.75 Å². The molecule has 0 spiro atoms. The molecule has 2 rings (SSSR count). The zero-order chi connectivity index (χ0) is 12.3. The summed E-state index contributed by atoms with van der Waals surface area (Å²) in [6.07, 6.45) is 0. The lowest BCUT2D eigenvalue weighted by Crippen LogP contribution is -1.94. The first kappa shape index (κ1) is 13.4. The fourth-order valence-electron chi connectivity index (χ4n) is 1.32. The van der Waals surface area contributed by atoms with Crippen molar-refractivity contribution in [2.24, 2.45) is 0 Å². The Labute approximate surface area is 126 Å². The fraction of sp³-hybridized carbons (Fsp3) is 0.167. The first-order valence-electron chi connectivity index (χ1n) is 4.90. The van der Waals surface area contributed by atoms with Crippen LogP contribution >= 0.6 is 54.8 Å². The molecule has 0 aliphatic heterocycles. The number of rotatable bonds is 4. The molecule has 0 N–H and O–H groups in total. The van der Waals surface area contributed by atoms with Gasteiger partial charge in [-0.15, -0.1) is 22.9 Å². The second-order valence-electron chi connectivity index (χ2n) is 3.37. The lowest BCUT2D eigenvalue weighted by Gasteiger charge is -2.07. The van der Waals surface area contributed by atoms with Gasteiger partial charge in [0.15, 0.2) is 0 Å². The Balaban J connectivity index is 2.07. The zero-order valence-corrected chi connectivity index (χ0v) is 13.5. The van der Waals surface area contributed by atoms with Gasteiger partial charge >= 0.3 is 0 Å². The molecule has 5 heteroatoms. The molecule has 0 radical (unpaired) electrons. The summed E-state index contributed by atoms with van der Waals surface area (Å²) in [5.74, 6) is 1.31. The minimum absolute atomic E-state index is 0.473. The first-order chi connectivity index (χ1) is 8.20. The van der Waals surface area contributed by atoms with Gasteiger partial charge in [0, 0.05) is 14.8 Å². The molecule has 90 valence electrons. The molecule has 17 heavy (non-hydrogen) atoms. The van der Waals surface area contributed by atoms with Crippen LogP contribution in [0.2, 0.25) is 0 Å². The quantitative estimate of drug-likeness (QED) is 0.612. The molecule has 0 fully saturated rings. The van der Waals surface area contributed by atoms with E-state index in [0.717, 1.165) is 20.3 Å². The molecule has 0 unspecified atom stereocenters. The second-order valence-corrected chi connectivity index (χ2v) is 6.34. The number of halogens is 3. The Kier molecular flexibility index (Phi) is 4.91. The lowest BCUT2D eigenvalue weighted by molar-refractivity contribution is 0.309. The lowest BCUT2D eigenvalue weighted by atomic mass is 10.2. The summed E-state index contributed by atoms with van der Waals surface area (Å²) < 4.78 is 7.84. The van der Waals surface area contributed by atoms with E-state index in [2.05, 4.69) is 31.9 Å². The molecule has 1 nitrogen and oxygen atoms in total. The molecule has 1 aromatic heterocycles. The molecular formula is C12H9Br2ClOS. The van der Waals surface area contributed by atoms with Crippen molar-refractivity contribution in [2.75, 3.05) is 0 Å². The highest BCUT2D eigenvalue weighted by Crippen LogP contribution is 2.27. The Morgan fingerprint density at radius 3 is 2.65 bits per heavy atom. The maximum Gasteiger partial charge on any atom is 0.124 e. The molecule has 0 amide bonds. The van der Waals surface area contributed by atoms with E-state index in [1.165, 1.54) is 4.88 Å². The molecule has 0 aliphatic carbocycles. The van der Waals surface area contributed by atoms with Gasteiger partial charge in [-0.1, -0.05) is 15.9 Å². The fourth-order valence-corrected chi connectivity index (χ4v) is 3.47. The van der Waals surface area contributed by atoms with E-state index >= 15 is 0 Å². The monoisotopic (exact) mass is 394 g/mol. The molecule has 0 atom stereocenters. The highest BCUT2D eigenvalue weighted by Gasteiger charge is 2.04. The van der Waals surface area contributed by atoms with Crippen LogP contribution < -0.4 is 4.74 Å². The van der Waals surface area contributed by atoms with Crippen molar-refractivity contribution >= 4 is 54.8 Å². The maximum absolute atomic E-state index is 5.84. The van der Waals surface area contributed by atoms with Crippen LogP contribution in [0.3, 0.4) is 0 Å². The number of alkyl halides is 1. The van der Waals surface area contributed by atoms with Crippen molar-refractivity contribution in [3.05, 3.63) is 49.0 Å². The molecular weight excluding hydrogens is 387 g/mol. The maximum atomic E-state index is 5.84. The third kappa shape index (κ3) is 3.47. The highest BCUT2D eigenvalue weighted by atomic mass is 79.9. The van der Waals surface area contributed by atoms with Crippen LogP contribution in [0.15, 0.2) is 38.6 Å². The van der Waals surface area contributed by atoms with Crippen LogP contribution in [0, 0.1) is 0 Å². The minimum atomic E-state index is 0.473. The van der Waals surface area contributed by atoms with E-state index in [4.69, 9.17) is 16.3 Å². The van der Waals surface area contributed by atoms with E-state index in [-0.39, 0.29) is 0 Å². The number of hydrogen-bond acceptors (Lipinski definition) is 2. The van der Waals surface area contributed by atoms with Crippen molar-refractivity contribution in [3.63, 3.8) is 0 Å². The second kappa shape index (κ2) is 6.23. The van der Waals surface area contributed by atoms with Gasteiger partial charge in [-0.25, -0.2) is 0 Å². The number of hydrogen-bond donors (Lipinski definition) is 0. The topological polar surface area (TPSA) is 9.23 Å². The van der Waals surface area contributed by atoms with Gasteiger partial charge in [0.2, 0.25) is 0 Å². The summed E-state index contributed by atoms with van der Waals surface area (Å²) in [6, 6.07) is 7.87. The average molecular weight is 397 g/mol. The number of ether oxygens (including phenoxy) is 1. The largest absolute Gasteiger partial charge is 0.488 e. The number of benzene rings is 1. The van der Waals surface area contributed by atoms with E-state index in [0.29, 0.717) is 12.5 Å². The zero-order valence-electron chi connectivity index (χ0n) is 8.75. The van der Waals surface area contributed by atoms with Crippen LogP contribution in [-0.2, 0) is 12.5 Å². The summed E-state index contributed by atoms with van der Waals surface area (Å²) >= 11 is 14.4. The van der Waals surface area contributed by atoms with Crippen molar-refractivity contribution < 1.29 is 4.74 Å². The highest BCUT2D eigenvalue weighted by molar-refractivity contribution is 9.10. The van der Waals surface area contributed by atoms with Crippen molar-refractivity contribution in [1.29, 1.82) is 0 Å².